The third-order valence-electron chi connectivity index (χ3n) is 2.70. The Labute approximate surface area is 116 Å². The lowest BCUT2D eigenvalue weighted by atomic mass is 10.2. The predicted molar refractivity (Wildman–Crippen MR) is 75.8 cm³/mol. The maximum Gasteiger partial charge on any atom is 0.151 e. The highest BCUT2D eigenvalue weighted by Crippen LogP contribution is 2.35. The summed E-state index contributed by atoms with van der Waals surface area (Å²) in [5, 5.41) is 10.2. The molecule has 0 spiro atoms. The number of aromatic nitrogens is 2. The lowest BCUT2D eigenvalue weighted by molar-refractivity contribution is 0.404. The first-order valence-electron chi connectivity index (χ1n) is 6.03. The zero-order chi connectivity index (χ0) is 13.7. The minimum absolute atomic E-state index is 0.664. The van der Waals surface area contributed by atoms with Gasteiger partial charge in [-0.25, -0.2) is 0 Å². The van der Waals surface area contributed by atoms with Crippen molar-refractivity contribution in [3.63, 3.8) is 0 Å². The molecule has 1 heterocycles. The molecule has 0 atom stereocenters. The van der Waals surface area contributed by atoms with Crippen molar-refractivity contribution in [3.05, 3.63) is 23.2 Å². The largest absolute Gasteiger partial charge is 0.497 e. The van der Waals surface area contributed by atoms with Gasteiger partial charge in [-0.15, -0.1) is 10.2 Å². The van der Waals surface area contributed by atoms with Crippen LogP contribution in [0.3, 0.4) is 0 Å². The van der Waals surface area contributed by atoms with Gasteiger partial charge in [0, 0.05) is 6.42 Å². The first kappa shape index (κ1) is 13.8. The van der Waals surface area contributed by atoms with Gasteiger partial charge in [0.2, 0.25) is 0 Å². The molecule has 0 saturated carbocycles. The van der Waals surface area contributed by atoms with Gasteiger partial charge >= 0.3 is 0 Å². The molecule has 102 valence electrons. The van der Waals surface area contributed by atoms with E-state index >= 15 is 0 Å². The number of nitrogens with zero attached hydrogens (tertiary/aromatic N) is 2. The number of ether oxygens (including phenoxy) is 2. The second-order valence-electron chi connectivity index (χ2n) is 3.96. The molecule has 0 unspecified atom stereocenters. The van der Waals surface area contributed by atoms with Crippen LogP contribution in [0.15, 0.2) is 18.2 Å². The van der Waals surface area contributed by atoms with E-state index in [4.69, 9.17) is 15.2 Å². The summed E-state index contributed by atoms with van der Waals surface area (Å²) in [6.45, 7) is 0.664. The summed E-state index contributed by atoms with van der Waals surface area (Å²) in [6, 6.07) is 5.64. The Bertz CT molecular complexity index is 542. The van der Waals surface area contributed by atoms with Crippen molar-refractivity contribution in [2.24, 2.45) is 5.73 Å². The van der Waals surface area contributed by atoms with Crippen LogP contribution >= 0.6 is 11.3 Å². The Hall–Kier alpha value is -1.66. The van der Waals surface area contributed by atoms with Crippen molar-refractivity contribution in [1.82, 2.24) is 10.2 Å². The van der Waals surface area contributed by atoms with Crippen LogP contribution < -0.4 is 15.2 Å². The predicted octanol–water partition coefficient (Wildman–Crippen LogP) is 2.11. The van der Waals surface area contributed by atoms with Crippen LogP contribution in [0.1, 0.15) is 11.4 Å². The van der Waals surface area contributed by atoms with Gasteiger partial charge in [-0.3, -0.25) is 0 Å². The van der Waals surface area contributed by atoms with Crippen molar-refractivity contribution in [3.8, 4) is 22.1 Å². The highest BCUT2D eigenvalue weighted by Gasteiger charge is 2.12. The highest BCUT2D eigenvalue weighted by atomic mass is 32.1. The molecule has 1 aromatic carbocycles. The third kappa shape index (κ3) is 3.21. The van der Waals surface area contributed by atoms with Crippen molar-refractivity contribution >= 4 is 11.3 Å². The number of aryl methyl sites for hydroxylation is 1. The average molecular weight is 279 g/mol. The molecule has 0 aliphatic rings. The van der Waals surface area contributed by atoms with Crippen molar-refractivity contribution in [2.45, 2.75) is 12.8 Å². The number of hydrogen-bond acceptors (Lipinski definition) is 6. The zero-order valence-electron chi connectivity index (χ0n) is 11.0. The fourth-order valence-corrected chi connectivity index (χ4v) is 2.60. The van der Waals surface area contributed by atoms with E-state index in [0.29, 0.717) is 6.54 Å². The van der Waals surface area contributed by atoms with E-state index in [9.17, 15) is 0 Å². The second kappa shape index (κ2) is 6.49. The van der Waals surface area contributed by atoms with E-state index in [2.05, 4.69) is 10.2 Å². The van der Waals surface area contributed by atoms with Crippen LogP contribution in [0.25, 0.3) is 10.6 Å². The molecule has 0 aliphatic heterocycles. The number of nitrogens with two attached hydrogens (primary N) is 1. The third-order valence-corrected chi connectivity index (χ3v) is 3.71. The van der Waals surface area contributed by atoms with Gasteiger partial charge in [0.1, 0.15) is 16.5 Å². The van der Waals surface area contributed by atoms with E-state index in [1.807, 2.05) is 18.2 Å². The maximum atomic E-state index is 5.50. The molecule has 0 radical (unpaired) electrons. The molecule has 1 aromatic heterocycles. The summed E-state index contributed by atoms with van der Waals surface area (Å²) in [6.07, 6.45) is 1.78. The number of methoxy groups -OCH3 is 2. The molecule has 0 bridgehead atoms. The van der Waals surface area contributed by atoms with Crippen LogP contribution in [0.4, 0.5) is 0 Å². The van der Waals surface area contributed by atoms with E-state index in [1.54, 1.807) is 25.6 Å². The summed E-state index contributed by atoms with van der Waals surface area (Å²) in [5.74, 6) is 1.54. The second-order valence-corrected chi connectivity index (χ2v) is 5.02. The molecular formula is C13H17N3O2S. The van der Waals surface area contributed by atoms with E-state index in [0.717, 1.165) is 39.9 Å². The molecular weight excluding hydrogens is 262 g/mol. The van der Waals surface area contributed by atoms with Crippen LogP contribution in [0, 0.1) is 0 Å². The Morgan fingerprint density at radius 1 is 1.21 bits per heavy atom. The van der Waals surface area contributed by atoms with Gasteiger partial charge in [0.15, 0.2) is 5.01 Å². The van der Waals surface area contributed by atoms with Crippen LogP contribution in [0.2, 0.25) is 0 Å². The summed E-state index contributed by atoms with van der Waals surface area (Å²) in [4.78, 5) is 0. The molecule has 0 aliphatic carbocycles. The summed E-state index contributed by atoms with van der Waals surface area (Å²) >= 11 is 1.56. The van der Waals surface area contributed by atoms with Gasteiger partial charge in [-0.1, -0.05) is 11.3 Å². The zero-order valence-corrected chi connectivity index (χ0v) is 11.9. The standard InChI is InChI=1S/C13H17N3O2S/c1-17-9-5-6-11(18-2)10(8-9)13-16-15-12(19-13)4-3-7-14/h5-6,8H,3-4,7,14H2,1-2H3. The number of rotatable bonds is 6. The Morgan fingerprint density at radius 3 is 2.74 bits per heavy atom. The molecule has 5 nitrogen and oxygen atoms in total. The van der Waals surface area contributed by atoms with Crippen LogP contribution in [0.5, 0.6) is 11.5 Å². The van der Waals surface area contributed by atoms with E-state index in [1.165, 1.54) is 0 Å². The molecule has 2 rings (SSSR count). The lowest BCUT2D eigenvalue weighted by Crippen LogP contribution is -1.99. The Kier molecular flexibility index (Phi) is 4.70. The van der Waals surface area contributed by atoms with Gasteiger partial charge in [0.25, 0.3) is 0 Å². The lowest BCUT2D eigenvalue weighted by Gasteiger charge is -2.07. The smallest absolute Gasteiger partial charge is 0.151 e. The minimum Gasteiger partial charge on any atom is -0.497 e. The quantitative estimate of drug-likeness (QED) is 0.877. The highest BCUT2D eigenvalue weighted by molar-refractivity contribution is 7.14. The molecule has 2 N–H and O–H groups in total. The monoisotopic (exact) mass is 279 g/mol. The van der Waals surface area contributed by atoms with Gasteiger partial charge in [0.05, 0.1) is 19.8 Å². The summed E-state index contributed by atoms with van der Waals surface area (Å²) < 4.78 is 10.6. The fourth-order valence-electron chi connectivity index (χ4n) is 1.70. The van der Waals surface area contributed by atoms with Crippen molar-refractivity contribution in [1.29, 1.82) is 0 Å². The maximum absolute atomic E-state index is 5.50. The van der Waals surface area contributed by atoms with Crippen LogP contribution in [-0.4, -0.2) is 31.0 Å². The van der Waals surface area contributed by atoms with E-state index < -0.39 is 0 Å². The molecule has 0 amide bonds. The van der Waals surface area contributed by atoms with Gasteiger partial charge in [-0.2, -0.15) is 0 Å². The van der Waals surface area contributed by atoms with Crippen LogP contribution in [-0.2, 0) is 6.42 Å². The fraction of sp³-hybridized carbons (Fsp3) is 0.385. The SMILES string of the molecule is COc1ccc(OC)c(-c2nnc(CCCN)s2)c1. The molecule has 0 saturated heterocycles. The molecule has 19 heavy (non-hydrogen) atoms. The van der Waals surface area contributed by atoms with Gasteiger partial charge < -0.3 is 15.2 Å². The first-order valence-corrected chi connectivity index (χ1v) is 6.85. The normalized spacial score (nSPS) is 10.5. The minimum atomic E-state index is 0.664. The van der Waals surface area contributed by atoms with Crippen molar-refractivity contribution in [2.75, 3.05) is 20.8 Å². The van der Waals surface area contributed by atoms with Gasteiger partial charge in [-0.05, 0) is 31.2 Å². The average Bonchev–Trinajstić information content (AvgIpc) is 2.93. The summed E-state index contributed by atoms with van der Waals surface area (Å²) in [7, 11) is 3.28. The molecule has 2 aromatic rings. The number of benzene rings is 1. The molecule has 0 fully saturated rings. The number of hydrogen-bond donors (Lipinski definition) is 1. The molecule has 6 heteroatoms. The first-order chi connectivity index (χ1) is 9.28. The Morgan fingerprint density at radius 2 is 2.05 bits per heavy atom. The topological polar surface area (TPSA) is 70.3 Å². The van der Waals surface area contributed by atoms with E-state index in [-0.39, 0.29) is 0 Å². The van der Waals surface area contributed by atoms with Crippen molar-refractivity contribution < 1.29 is 9.47 Å². The Balaban J connectivity index is 2.31. The summed E-state index contributed by atoms with van der Waals surface area (Å²) in [5.41, 5.74) is 6.40.